The van der Waals surface area contributed by atoms with E-state index in [2.05, 4.69) is 9.97 Å². The Morgan fingerprint density at radius 3 is 2.75 bits per heavy atom. The number of ether oxygens (including phenoxy) is 1. The van der Waals surface area contributed by atoms with Crippen molar-refractivity contribution in [2.45, 2.75) is 6.10 Å². The number of carbonyl (C=O) groups is 1. The molecule has 0 radical (unpaired) electrons. The topological polar surface area (TPSA) is 81.3 Å². The van der Waals surface area contributed by atoms with E-state index in [0.717, 1.165) is 0 Å². The molecule has 0 atom stereocenters. The Hall–Kier alpha value is -2.29. The second-order valence-electron chi connectivity index (χ2n) is 3.37. The lowest BCUT2D eigenvalue weighted by molar-refractivity contribution is -0.133. The molecule has 2 rings (SSSR count). The van der Waals surface area contributed by atoms with Crippen LogP contribution < -0.4 is 10.5 Å². The first kappa shape index (κ1) is 10.2. The molecule has 0 aromatic carbocycles. The number of nitrogen functional groups attached to an aromatic ring is 1. The van der Waals surface area contributed by atoms with Crippen LogP contribution >= 0.6 is 0 Å². The quantitative estimate of drug-likeness (QED) is 0.662. The van der Waals surface area contributed by atoms with Gasteiger partial charge in [0.15, 0.2) is 5.75 Å². The smallest absolute Gasteiger partial charge is 0.298 e. The van der Waals surface area contributed by atoms with E-state index >= 15 is 0 Å². The molecule has 1 saturated heterocycles. The molecule has 1 aromatic rings. The number of nitrogens with two attached hydrogens (primary N) is 1. The van der Waals surface area contributed by atoms with Gasteiger partial charge in [-0.15, -0.1) is 6.42 Å². The fraction of sp³-hybridized carbons (Fsp3) is 0.300. The highest BCUT2D eigenvalue weighted by Gasteiger charge is 2.31. The van der Waals surface area contributed by atoms with E-state index in [0.29, 0.717) is 18.8 Å². The van der Waals surface area contributed by atoms with Crippen molar-refractivity contribution < 1.29 is 9.53 Å². The van der Waals surface area contributed by atoms with Gasteiger partial charge in [0.05, 0.1) is 25.5 Å². The summed E-state index contributed by atoms with van der Waals surface area (Å²) in [5.74, 6) is 2.47. The minimum atomic E-state index is -0.312. The van der Waals surface area contributed by atoms with Crippen molar-refractivity contribution in [1.82, 2.24) is 14.9 Å². The first-order valence-corrected chi connectivity index (χ1v) is 4.68. The van der Waals surface area contributed by atoms with Crippen molar-refractivity contribution in [1.29, 1.82) is 0 Å². The second-order valence-corrected chi connectivity index (χ2v) is 3.37. The summed E-state index contributed by atoms with van der Waals surface area (Å²) in [5, 5.41) is 0. The molecule has 82 valence electrons. The number of terminal acetylenes is 1. The third-order valence-electron chi connectivity index (χ3n) is 2.21. The maximum absolute atomic E-state index is 11.0. The zero-order valence-electron chi connectivity index (χ0n) is 8.46. The lowest BCUT2D eigenvalue weighted by Gasteiger charge is -2.37. The zero-order valence-corrected chi connectivity index (χ0v) is 8.46. The second kappa shape index (κ2) is 4.06. The monoisotopic (exact) mass is 218 g/mol. The minimum Gasteiger partial charge on any atom is -0.483 e. The van der Waals surface area contributed by atoms with Crippen LogP contribution in [0.1, 0.15) is 0 Å². The van der Waals surface area contributed by atoms with Gasteiger partial charge in [0, 0.05) is 0 Å². The molecule has 6 heteroatoms. The SMILES string of the molecule is C#CC(=O)N1CC(Oc2cnc(N)nc2)C1. The van der Waals surface area contributed by atoms with Gasteiger partial charge in [-0.2, -0.15) is 0 Å². The lowest BCUT2D eigenvalue weighted by Crippen LogP contribution is -2.55. The van der Waals surface area contributed by atoms with E-state index in [1.165, 1.54) is 17.3 Å². The fourth-order valence-electron chi connectivity index (χ4n) is 1.35. The number of amides is 1. The van der Waals surface area contributed by atoms with Gasteiger partial charge in [0.25, 0.3) is 5.91 Å². The molecule has 1 fully saturated rings. The molecule has 1 aliphatic rings. The van der Waals surface area contributed by atoms with Gasteiger partial charge in [-0.3, -0.25) is 4.79 Å². The van der Waals surface area contributed by atoms with Gasteiger partial charge < -0.3 is 15.4 Å². The molecule has 0 unspecified atom stereocenters. The average Bonchev–Trinajstić information content (AvgIpc) is 2.24. The van der Waals surface area contributed by atoms with Gasteiger partial charge in [0.1, 0.15) is 6.10 Å². The molecule has 6 nitrogen and oxygen atoms in total. The first-order valence-electron chi connectivity index (χ1n) is 4.68. The molecule has 1 aromatic heterocycles. The van der Waals surface area contributed by atoms with Crippen LogP contribution in [0.4, 0.5) is 5.95 Å². The molecule has 16 heavy (non-hydrogen) atoms. The summed E-state index contributed by atoms with van der Waals surface area (Å²) in [7, 11) is 0. The standard InChI is InChI=1S/C10H10N4O2/c1-2-9(15)14-5-8(6-14)16-7-3-12-10(11)13-4-7/h1,3-4,8H,5-6H2,(H2,11,12,13). The molecule has 1 amide bonds. The number of aromatic nitrogens is 2. The number of carbonyl (C=O) groups excluding carboxylic acids is 1. The molecular weight excluding hydrogens is 208 g/mol. The molecule has 1 aliphatic heterocycles. The van der Waals surface area contributed by atoms with E-state index in [1.807, 2.05) is 5.92 Å². The highest BCUT2D eigenvalue weighted by molar-refractivity contribution is 5.93. The Kier molecular flexibility index (Phi) is 2.60. The molecule has 0 bridgehead atoms. The molecule has 0 aliphatic carbocycles. The summed E-state index contributed by atoms with van der Waals surface area (Å²) >= 11 is 0. The molecule has 2 heterocycles. The van der Waals surface area contributed by atoms with E-state index < -0.39 is 0 Å². The van der Waals surface area contributed by atoms with Crippen LogP contribution in [0.25, 0.3) is 0 Å². The van der Waals surface area contributed by atoms with Crippen molar-refractivity contribution in [2.24, 2.45) is 0 Å². The summed E-state index contributed by atoms with van der Waals surface area (Å²) in [5.41, 5.74) is 5.33. The normalized spacial score (nSPS) is 15.1. The lowest BCUT2D eigenvalue weighted by atomic mass is 10.1. The van der Waals surface area contributed by atoms with E-state index in [-0.39, 0.29) is 18.0 Å². The van der Waals surface area contributed by atoms with Crippen LogP contribution in [0.2, 0.25) is 0 Å². The Balaban J connectivity index is 1.84. The van der Waals surface area contributed by atoms with Crippen LogP contribution in [0.5, 0.6) is 5.75 Å². The minimum absolute atomic E-state index is 0.0514. The zero-order chi connectivity index (χ0) is 11.5. The van der Waals surface area contributed by atoms with Crippen LogP contribution in [0.3, 0.4) is 0 Å². The Labute approximate surface area is 92.4 Å². The Morgan fingerprint density at radius 2 is 2.19 bits per heavy atom. The van der Waals surface area contributed by atoms with Crippen molar-refractivity contribution in [3.63, 3.8) is 0 Å². The molecule has 0 spiro atoms. The molecule has 2 N–H and O–H groups in total. The highest BCUT2D eigenvalue weighted by atomic mass is 16.5. The van der Waals surface area contributed by atoms with Gasteiger partial charge in [-0.1, -0.05) is 0 Å². The third-order valence-corrected chi connectivity index (χ3v) is 2.21. The van der Waals surface area contributed by atoms with E-state index in [4.69, 9.17) is 16.9 Å². The van der Waals surface area contributed by atoms with Gasteiger partial charge in [0.2, 0.25) is 5.95 Å². The van der Waals surface area contributed by atoms with Crippen LogP contribution in [0, 0.1) is 12.3 Å². The van der Waals surface area contributed by atoms with Crippen molar-refractivity contribution >= 4 is 11.9 Å². The van der Waals surface area contributed by atoms with E-state index in [1.54, 1.807) is 0 Å². The van der Waals surface area contributed by atoms with Gasteiger partial charge >= 0.3 is 0 Å². The largest absolute Gasteiger partial charge is 0.483 e. The first-order chi connectivity index (χ1) is 7.69. The fourth-order valence-corrected chi connectivity index (χ4v) is 1.35. The summed E-state index contributed by atoms with van der Waals surface area (Å²) < 4.78 is 5.49. The maximum atomic E-state index is 11.0. The van der Waals surface area contributed by atoms with Crippen LogP contribution in [-0.2, 0) is 4.79 Å². The van der Waals surface area contributed by atoms with Crippen LogP contribution in [-0.4, -0.2) is 40.0 Å². The highest BCUT2D eigenvalue weighted by Crippen LogP contribution is 2.16. The van der Waals surface area contributed by atoms with Crippen molar-refractivity contribution in [3.8, 4) is 18.1 Å². The maximum Gasteiger partial charge on any atom is 0.298 e. The number of nitrogens with zero attached hydrogens (tertiary/aromatic N) is 3. The predicted octanol–water partition coefficient (Wildman–Crippen LogP) is -0.718. The summed E-state index contributed by atoms with van der Waals surface area (Å²) in [4.78, 5) is 20.1. The molecule has 0 saturated carbocycles. The Morgan fingerprint density at radius 1 is 1.56 bits per heavy atom. The van der Waals surface area contributed by atoms with Gasteiger partial charge in [-0.25, -0.2) is 9.97 Å². The predicted molar refractivity (Wildman–Crippen MR) is 56.3 cm³/mol. The molecular formula is C10H10N4O2. The average molecular weight is 218 g/mol. The number of anilines is 1. The van der Waals surface area contributed by atoms with Gasteiger partial charge in [-0.05, 0) is 5.92 Å². The van der Waals surface area contributed by atoms with Crippen molar-refractivity contribution in [3.05, 3.63) is 12.4 Å². The number of hydrogen-bond acceptors (Lipinski definition) is 5. The number of likely N-dealkylation sites (tertiary alicyclic amines) is 1. The summed E-state index contributed by atoms with van der Waals surface area (Å²) in [6, 6.07) is 0. The third kappa shape index (κ3) is 2.03. The van der Waals surface area contributed by atoms with Crippen LogP contribution in [0.15, 0.2) is 12.4 Å². The summed E-state index contributed by atoms with van der Waals surface area (Å²) in [6.45, 7) is 0.987. The number of rotatable bonds is 2. The van der Waals surface area contributed by atoms with Crippen molar-refractivity contribution in [2.75, 3.05) is 18.8 Å². The Bertz CT molecular complexity index is 431. The van der Waals surface area contributed by atoms with E-state index in [9.17, 15) is 4.79 Å². The number of hydrogen-bond donors (Lipinski definition) is 1. The summed E-state index contributed by atoms with van der Waals surface area (Å²) in [6.07, 6.45) is 7.92.